The van der Waals surface area contributed by atoms with Gasteiger partial charge in [-0.3, -0.25) is 14.5 Å². The molecular weight excluding hydrogens is 354 g/mol. The Morgan fingerprint density at radius 2 is 1.89 bits per heavy atom. The molecule has 0 atom stereocenters. The molecule has 0 spiro atoms. The topological polar surface area (TPSA) is 63.6 Å². The highest BCUT2D eigenvalue weighted by Gasteiger charge is 2.12. The Labute approximate surface area is 167 Å². The summed E-state index contributed by atoms with van der Waals surface area (Å²) in [5.41, 5.74) is 2.93. The molecule has 0 fully saturated rings. The molecule has 0 unspecified atom stereocenters. The van der Waals surface area contributed by atoms with E-state index < -0.39 is 0 Å². The molecular formula is C22H31N3O3. The van der Waals surface area contributed by atoms with Crippen LogP contribution in [0.1, 0.15) is 41.0 Å². The number of methoxy groups -OCH3 is 1. The predicted octanol–water partition coefficient (Wildman–Crippen LogP) is 2.57. The van der Waals surface area contributed by atoms with Crippen LogP contribution in [0.3, 0.4) is 0 Å². The number of amides is 1. The minimum absolute atomic E-state index is 0.154. The molecule has 1 aromatic carbocycles. The van der Waals surface area contributed by atoms with Crippen LogP contribution in [0.4, 0.5) is 0 Å². The summed E-state index contributed by atoms with van der Waals surface area (Å²) < 4.78 is 6.95. The number of pyridine rings is 1. The summed E-state index contributed by atoms with van der Waals surface area (Å²) in [4.78, 5) is 27.2. The zero-order valence-electron chi connectivity index (χ0n) is 17.3. The van der Waals surface area contributed by atoms with Crippen LogP contribution in [0.25, 0.3) is 0 Å². The van der Waals surface area contributed by atoms with Gasteiger partial charge >= 0.3 is 0 Å². The molecule has 6 nitrogen and oxygen atoms in total. The van der Waals surface area contributed by atoms with E-state index in [4.69, 9.17) is 4.74 Å². The Hall–Kier alpha value is -2.44. The number of rotatable bonds is 10. The highest BCUT2D eigenvalue weighted by atomic mass is 16.5. The maximum atomic E-state index is 12.6. The lowest BCUT2D eigenvalue weighted by Gasteiger charge is -2.18. The number of benzene rings is 1. The zero-order chi connectivity index (χ0) is 20.5. The van der Waals surface area contributed by atoms with Crippen LogP contribution in [0.2, 0.25) is 0 Å². The highest BCUT2D eigenvalue weighted by molar-refractivity contribution is 5.93. The van der Waals surface area contributed by atoms with Crippen molar-refractivity contribution in [2.24, 2.45) is 0 Å². The largest absolute Gasteiger partial charge is 0.383 e. The van der Waals surface area contributed by atoms with Crippen molar-refractivity contribution < 1.29 is 9.53 Å². The van der Waals surface area contributed by atoms with E-state index in [1.54, 1.807) is 13.3 Å². The smallest absolute Gasteiger partial charge is 0.257 e. The van der Waals surface area contributed by atoms with Gasteiger partial charge in [-0.15, -0.1) is 0 Å². The summed E-state index contributed by atoms with van der Waals surface area (Å²) in [6.45, 7) is 10.5. The van der Waals surface area contributed by atoms with Gasteiger partial charge in [0.2, 0.25) is 0 Å². The molecule has 0 saturated carbocycles. The number of hydrogen-bond donors (Lipinski definition) is 1. The van der Waals surface area contributed by atoms with Crippen molar-refractivity contribution >= 4 is 5.91 Å². The van der Waals surface area contributed by atoms with Crippen LogP contribution in [-0.2, 0) is 24.4 Å². The molecule has 0 aliphatic rings. The first kappa shape index (κ1) is 21.9. The van der Waals surface area contributed by atoms with E-state index in [0.29, 0.717) is 19.7 Å². The Bertz CT molecular complexity index is 841. The van der Waals surface area contributed by atoms with Crippen molar-refractivity contribution in [1.82, 2.24) is 14.8 Å². The monoisotopic (exact) mass is 385 g/mol. The van der Waals surface area contributed by atoms with E-state index >= 15 is 0 Å². The van der Waals surface area contributed by atoms with Crippen molar-refractivity contribution in [3.8, 4) is 0 Å². The number of nitrogens with one attached hydrogen (secondary N) is 1. The van der Waals surface area contributed by atoms with Gasteiger partial charge in [-0.25, -0.2) is 0 Å². The molecule has 0 radical (unpaired) electrons. The van der Waals surface area contributed by atoms with E-state index in [9.17, 15) is 9.59 Å². The Morgan fingerprint density at radius 3 is 2.57 bits per heavy atom. The van der Waals surface area contributed by atoms with Crippen molar-refractivity contribution in [2.75, 3.05) is 26.8 Å². The summed E-state index contributed by atoms with van der Waals surface area (Å²) in [5, 5.41) is 2.87. The molecule has 1 heterocycles. The lowest BCUT2D eigenvalue weighted by atomic mass is 10.1. The Balaban J connectivity index is 2.07. The van der Waals surface area contributed by atoms with Crippen LogP contribution in [-0.4, -0.2) is 42.2 Å². The first-order valence-corrected chi connectivity index (χ1v) is 9.76. The molecule has 0 aliphatic carbocycles. The van der Waals surface area contributed by atoms with Gasteiger partial charge in [-0.05, 0) is 31.1 Å². The maximum absolute atomic E-state index is 12.6. The minimum Gasteiger partial charge on any atom is -0.383 e. The predicted molar refractivity (Wildman–Crippen MR) is 112 cm³/mol. The zero-order valence-corrected chi connectivity index (χ0v) is 17.3. The highest BCUT2D eigenvalue weighted by Crippen LogP contribution is 2.09. The average molecular weight is 386 g/mol. The maximum Gasteiger partial charge on any atom is 0.257 e. The van der Waals surface area contributed by atoms with E-state index in [1.165, 1.54) is 11.6 Å². The second-order valence-corrected chi connectivity index (χ2v) is 6.84. The third-order valence-electron chi connectivity index (χ3n) is 4.87. The fourth-order valence-corrected chi connectivity index (χ4v) is 3.09. The van der Waals surface area contributed by atoms with Gasteiger partial charge in [0.05, 0.1) is 6.61 Å². The summed E-state index contributed by atoms with van der Waals surface area (Å²) in [6.07, 6.45) is 1.61. The molecule has 0 bridgehead atoms. The van der Waals surface area contributed by atoms with Gasteiger partial charge in [0, 0.05) is 44.7 Å². The first-order chi connectivity index (χ1) is 13.5. The summed E-state index contributed by atoms with van der Waals surface area (Å²) >= 11 is 0. The molecule has 2 rings (SSSR count). The summed E-state index contributed by atoms with van der Waals surface area (Å²) in [6, 6.07) is 9.68. The number of carbonyl (C=O) groups excluding carboxylic acids is 1. The molecule has 6 heteroatoms. The molecule has 2 aromatic rings. The summed E-state index contributed by atoms with van der Waals surface area (Å²) in [5.74, 6) is -0.356. The quantitative estimate of drug-likeness (QED) is 0.683. The van der Waals surface area contributed by atoms with Crippen LogP contribution in [0, 0.1) is 6.92 Å². The second-order valence-electron chi connectivity index (χ2n) is 6.84. The van der Waals surface area contributed by atoms with Crippen molar-refractivity contribution in [1.29, 1.82) is 0 Å². The normalized spacial score (nSPS) is 11.0. The fraction of sp³-hybridized carbons (Fsp3) is 0.455. The lowest BCUT2D eigenvalue weighted by molar-refractivity contribution is 0.0948. The number of aromatic nitrogens is 1. The molecule has 0 aliphatic heterocycles. The molecule has 1 amide bonds. The molecule has 1 aromatic heterocycles. The number of aryl methyl sites for hydroxylation is 1. The van der Waals surface area contributed by atoms with Gasteiger partial charge in [0.15, 0.2) is 5.43 Å². The third-order valence-corrected chi connectivity index (χ3v) is 4.87. The molecule has 28 heavy (non-hydrogen) atoms. The van der Waals surface area contributed by atoms with Gasteiger partial charge in [-0.2, -0.15) is 0 Å². The molecule has 152 valence electrons. The molecule has 1 N–H and O–H groups in total. The van der Waals surface area contributed by atoms with Crippen molar-refractivity contribution in [2.45, 2.75) is 40.4 Å². The van der Waals surface area contributed by atoms with Crippen LogP contribution >= 0.6 is 0 Å². The number of hydrogen-bond acceptors (Lipinski definition) is 4. The second kappa shape index (κ2) is 10.8. The van der Waals surface area contributed by atoms with E-state index in [0.717, 1.165) is 30.9 Å². The van der Waals surface area contributed by atoms with Crippen LogP contribution in [0.15, 0.2) is 41.3 Å². The average Bonchev–Trinajstić information content (AvgIpc) is 2.70. The SMILES string of the molecule is CCN(CC)Cc1cccc(CNC(=O)c2cn(CCOC)c(C)cc2=O)c1. The standard InChI is InChI=1S/C22H31N3O3/c1-5-24(6-2)15-19-9-7-8-18(13-19)14-23-22(27)20-16-25(10-11-28-4)17(3)12-21(20)26/h7-9,12-13,16H,5-6,10-11,14-15H2,1-4H3,(H,23,27). The fourth-order valence-electron chi connectivity index (χ4n) is 3.09. The third kappa shape index (κ3) is 6.04. The number of nitrogens with zero attached hydrogens (tertiary/aromatic N) is 2. The van der Waals surface area contributed by atoms with E-state index in [1.807, 2.05) is 23.6 Å². The van der Waals surface area contributed by atoms with Gasteiger partial charge in [0.25, 0.3) is 5.91 Å². The number of carbonyl (C=O) groups is 1. The summed E-state index contributed by atoms with van der Waals surface area (Å²) in [7, 11) is 1.62. The first-order valence-electron chi connectivity index (χ1n) is 9.76. The minimum atomic E-state index is -0.356. The lowest BCUT2D eigenvalue weighted by Crippen LogP contribution is -2.30. The van der Waals surface area contributed by atoms with Gasteiger partial charge in [-0.1, -0.05) is 38.1 Å². The van der Waals surface area contributed by atoms with Crippen molar-refractivity contribution in [3.63, 3.8) is 0 Å². The number of ether oxygens (including phenoxy) is 1. The molecule has 0 saturated heterocycles. The van der Waals surface area contributed by atoms with E-state index in [2.05, 4.69) is 36.2 Å². The van der Waals surface area contributed by atoms with Crippen LogP contribution in [0.5, 0.6) is 0 Å². The Morgan fingerprint density at radius 1 is 1.18 bits per heavy atom. The van der Waals surface area contributed by atoms with Crippen LogP contribution < -0.4 is 10.7 Å². The van der Waals surface area contributed by atoms with Crippen molar-refractivity contribution in [3.05, 3.63) is 69.1 Å². The van der Waals surface area contributed by atoms with Gasteiger partial charge in [0.1, 0.15) is 5.56 Å². The van der Waals surface area contributed by atoms with E-state index in [-0.39, 0.29) is 16.9 Å². The Kier molecular flexibility index (Phi) is 8.42. The van der Waals surface area contributed by atoms with Gasteiger partial charge < -0.3 is 14.6 Å².